The van der Waals surface area contributed by atoms with Gasteiger partial charge in [-0.25, -0.2) is 13.6 Å². The van der Waals surface area contributed by atoms with Gasteiger partial charge in [-0.1, -0.05) is 13.8 Å². The van der Waals surface area contributed by atoms with E-state index in [1.54, 1.807) is 27.7 Å². The van der Waals surface area contributed by atoms with E-state index in [0.717, 1.165) is 0 Å². The lowest BCUT2D eigenvalue weighted by atomic mass is 10.5. The molecule has 20 heavy (non-hydrogen) atoms. The molecule has 0 radical (unpaired) electrons. The Bertz CT molecular complexity index is 328. The number of carbonyl (C=O) groups excluding carboxylic acids is 2. The zero-order valence-electron chi connectivity index (χ0n) is 12.1. The number of ether oxygens (including phenoxy) is 2. The van der Waals surface area contributed by atoms with Crippen molar-refractivity contribution in [3.8, 4) is 0 Å². The topological polar surface area (TPSA) is 97.4 Å². The molecule has 0 unspecified atom stereocenters. The van der Waals surface area contributed by atoms with Crippen molar-refractivity contribution in [2.75, 3.05) is 13.6 Å². The molecular formula is C11H21O8P. The lowest BCUT2D eigenvalue weighted by Crippen LogP contribution is -2.13. The van der Waals surface area contributed by atoms with Gasteiger partial charge in [0.15, 0.2) is 0 Å². The van der Waals surface area contributed by atoms with E-state index in [2.05, 4.69) is 9.47 Å². The van der Waals surface area contributed by atoms with E-state index in [-0.39, 0.29) is 12.8 Å². The molecule has 0 rings (SSSR count). The minimum atomic E-state index is -3.96. The van der Waals surface area contributed by atoms with Crippen molar-refractivity contribution in [1.82, 2.24) is 0 Å². The van der Waals surface area contributed by atoms with Crippen LogP contribution in [-0.2, 0) is 37.2 Å². The van der Waals surface area contributed by atoms with Crippen LogP contribution in [0.2, 0.25) is 0 Å². The third kappa shape index (κ3) is 9.03. The van der Waals surface area contributed by atoms with Crippen molar-refractivity contribution in [3.63, 3.8) is 0 Å². The number of phosphoric acid groups is 1. The first kappa shape index (κ1) is 19.1. The van der Waals surface area contributed by atoms with Crippen LogP contribution < -0.4 is 0 Å². The second kappa shape index (κ2) is 9.88. The molecule has 8 nitrogen and oxygen atoms in total. The number of esters is 2. The van der Waals surface area contributed by atoms with Gasteiger partial charge in [0, 0.05) is 12.8 Å². The number of hydrogen-bond acceptors (Lipinski definition) is 8. The highest BCUT2D eigenvalue weighted by Gasteiger charge is 2.29. The van der Waals surface area contributed by atoms with E-state index in [4.69, 9.17) is 13.6 Å². The standard InChI is InChI=1S/C11H21O8P/c1-5-10(12)15-7-17-20(14,19-9(3)4)18-8-16-11(13)6-2/h9H,5-8H2,1-4H3. The van der Waals surface area contributed by atoms with Crippen molar-refractivity contribution in [3.05, 3.63) is 0 Å². The summed E-state index contributed by atoms with van der Waals surface area (Å²) < 4.78 is 36.0. The number of carbonyl (C=O) groups is 2. The minimum absolute atomic E-state index is 0.160. The van der Waals surface area contributed by atoms with Crippen LogP contribution in [0.25, 0.3) is 0 Å². The molecule has 0 bridgehead atoms. The van der Waals surface area contributed by atoms with Crippen LogP contribution in [0, 0.1) is 0 Å². The summed E-state index contributed by atoms with van der Waals surface area (Å²) in [5.74, 6) is -1.03. The van der Waals surface area contributed by atoms with Crippen LogP contribution >= 0.6 is 7.82 Å². The summed E-state index contributed by atoms with van der Waals surface area (Å²) in [7, 11) is -3.96. The Labute approximate surface area is 118 Å². The predicted molar refractivity (Wildman–Crippen MR) is 68.5 cm³/mol. The smallest absolute Gasteiger partial charge is 0.438 e. The van der Waals surface area contributed by atoms with E-state index < -0.39 is 39.5 Å². The third-order valence-corrected chi connectivity index (χ3v) is 3.30. The maximum absolute atomic E-state index is 12.1. The molecule has 0 fully saturated rings. The summed E-state index contributed by atoms with van der Waals surface area (Å²) in [6, 6.07) is 0. The monoisotopic (exact) mass is 312 g/mol. The fourth-order valence-electron chi connectivity index (χ4n) is 0.874. The fourth-order valence-corrected chi connectivity index (χ4v) is 1.95. The summed E-state index contributed by atoms with van der Waals surface area (Å²) >= 11 is 0. The Balaban J connectivity index is 4.31. The summed E-state index contributed by atoms with van der Waals surface area (Å²) in [6.07, 6.45) is -0.133. The van der Waals surface area contributed by atoms with Gasteiger partial charge in [-0.05, 0) is 13.8 Å². The fraction of sp³-hybridized carbons (Fsp3) is 0.818. The second-order valence-corrected chi connectivity index (χ2v) is 5.46. The molecule has 0 saturated carbocycles. The molecule has 0 saturated heterocycles. The number of hydrogen-bond donors (Lipinski definition) is 0. The average molecular weight is 312 g/mol. The van der Waals surface area contributed by atoms with Crippen molar-refractivity contribution in [2.24, 2.45) is 0 Å². The lowest BCUT2D eigenvalue weighted by molar-refractivity contribution is -0.153. The normalized spacial score (nSPS) is 11.4. The zero-order chi connectivity index (χ0) is 15.6. The van der Waals surface area contributed by atoms with Crippen LogP contribution in [-0.4, -0.2) is 31.6 Å². The summed E-state index contributed by atoms with van der Waals surface area (Å²) in [5, 5.41) is 0. The summed E-state index contributed by atoms with van der Waals surface area (Å²) in [6.45, 7) is 5.31. The maximum atomic E-state index is 12.1. The zero-order valence-corrected chi connectivity index (χ0v) is 13.0. The van der Waals surface area contributed by atoms with Crippen molar-refractivity contribution < 1.29 is 37.2 Å². The van der Waals surface area contributed by atoms with Gasteiger partial charge in [-0.15, -0.1) is 0 Å². The van der Waals surface area contributed by atoms with Crippen LogP contribution in [0.4, 0.5) is 0 Å². The van der Waals surface area contributed by atoms with Crippen LogP contribution in [0.1, 0.15) is 40.5 Å². The van der Waals surface area contributed by atoms with Crippen molar-refractivity contribution in [2.45, 2.75) is 46.6 Å². The van der Waals surface area contributed by atoms with Gasteiger partial charge in [0.2, 0.25) is 13.6 Å². The van der Waals surface area contributed by atoms with E-state index in [0.29, 0.717) is 0 Å². The van der Waals surface area contributed by atoms with Gasteiger partial charge in [-0.3, -0.25) is 14.1 Å². The first-order valence-electron chi connectivity index (χ1n) is 6.21. The average Bonchev–Trinajstić information content (AvgIpc) is 2.37. The Hall–Kier alpha value is -0.950. The highest BCUT2D eigenvalue weighted by molar-refractivity contribution is 7.48. The first-order chi connectivity index (χ1) is 9.33. The van der Waals surface area contributed by atoms with E-state index in [9.17, 15) is 14.2 Å². The molecule has 0 aliphatic heterocycles. The highest BCUT2D eigenvalue weighted by Crippen LogP contribution is 2.50. The molecule has 0 aromatic rings. The molecule has 0 aromatic carbocycles. The lowest BCUT2D eigenvalue weighted by Gasteiger charge is -2.19. The number of rotatable bonds is 10. The molecule has 0 spiro atoms. The molecule has 118 valence electrons. The van der Waals surface area contributed by atoms with Gasteiger partial charge in [-0.2, -0.15) is 0 Å². The molecule has 0 aliphatic carbocycles. The summed E-state index contributed by atoms with van der Waals surface area (Å²) in [4.78, 5) is 21.8. The molecule has 0 heterocycles. The SMILES string of the molecule is CCC(=O)OCOP(=O)(OCOC(=O)CC)OC(C)C. The molecule has 0 aliphatic rings. The van der Waals surface area contributed by atoms with Gasteiger partial charge in [0.1, 0.15) is 0 Å². The molecule has 0 atom stereocenters. The van der Waals surface area contributed by atoms with Crippen molar-refractivity contribution >= 4 is 19.8 Å². The molecule has 0 N–H and O–H groups in total. The van der Waals surface area contributed by atoms with E-state index in [1.807, 2.05) is 0 Å². The molecule has 9 heteroatoms. The number of phosphoric ester groups is 1. The first-order valence-corrected chi connectivity index (χ1v) is 7.67. The largest absolute Gasteiger partial charge is 0.480 e. The van der Waals surface area contributed by atoms with Crippen LogP contribution in [0.3, 0.4) is 0 Å². The quantitative estimate of drug-likeness (QED) is 0.344. The molecule has 0 amide bonds. The Morgan fingerprint density at radius 2 is 1.35 bits per heavy atom. The van der Waals surface area contributed by atoms with Gasteiger partial charge in [0.25, 0.3) is 0 Å². The summed E-state index contributed by atoms with van der Waals surface area (Å²) in [5.41, 5.74) is 0. The maximum Gasteiger partial charge on any atom is 0.480 e. The van der Waals surface area contributed by atoms with Crippen LogP contribution in [0.15, 0.2) is 0 Å². The second-order valence-electron chi connectivity index (χ2n) is 3.84. The van der Waals surface area contributed by atoms with Gasteiger partial charge < -0.3 is 9.47 Å². The highest BCUT2D eigenvalue weighted by atomic mass is 31.2. The predicted octanol–water partition coefficient (Wildman–Crippen LogP) is 2.37. The third-order valence-electron chi connectivity index (χ3n) is 1.78. The van der Waals surface area contributed by atoms with E-state index >= 15 is 0 Å². The van der Waals surface area contributed by atoms with Gasteiger partial charge >= 0.3 is 19.8 Å². The van der Waals surface area contributed by atoms with Crippen molar-refractivity contribution in [1.29, 1.82) is 0 Å². The van der Waals surface area contributed by atoms with Crippen LogP contribution in [0.5, 0.6) is 0 Å². The Kier molecular flexibility index (Phi) is 9.41. The van der Waals surface area contributed by atoms with Gasteiger partial charge in [0.05, 0.1) is 6.10 Å². The molecular weight excluding hydrogens is 291 g/mol. The minimum Gasteiger partial charge on any atom is -0.438 e. The molecule has 0 aromatic heterocycles. The Morgan fingerprint density at radius 3 is 1.65 bits per heavy atom. The Morgan fingerprint density at radius 1 is 0.950 bits per heavy atom. The van der Waals surface area contributed by atoms with E-state index in [1.165, 1.54) is 0 Å².